The van der Waals surface area contributed by atoms with Crippen molar-refractivity contribution in [2.75, 3.05) is 6.61 Å². The van der Waals surface area contributed by atoms with Gasteiger partial charge in [0.1, 0.15) is 0 Å². The van der Waals surface area contributed by atoms with E-state index < -0.39 is 0 Å². The first kappa shape index (κ1) is 11.7. The van der Waals surface area contributed by atoms with Crippen LogP contribution in [-0.2, 0) is 0 Å². The Kier molecular flexibility index (Phi) is 3.38. The molecule has 82 valence electrons. The largest absolute Gasteiger partial charge is 0.396 e. The van der Waals surface area contributed by atoms with Crippen molar-refractivity contribution in [3.05, 3.63) is 11.1 Å². The summed E-state index contributed by atoms with van der Waals surface area (Å²) in [5.74, 6) is 0.475. The van der Waals surface area contributed by atoms with Crippen LogP contribution in [0, 0.1) is 11.3 Å². The Morgan fingerprint density at radius 3 is 2.50 bits per heavy atom. The van der Waals surface area contributed by atoms with Gasteiger partial charge in [0, 0.05) is 6.61 Å². The van der Waals surface area contributed by atoms with Crippen LogP contribution >= 0.6 is 0 Å². The molecule has 2 atom stereocenters. The Labute approximate surface area is 86.6 Å². The number of hydrogen-bond donors (Lipinski definition) is 2. The van der Waals surface area contributed by atoms with E-state index in [0.29, 0.717) is 12.3 Å². The second-order valence-corrected chi connectivity index (χ2v) is 5.01. The zero-order valence-corrected chi connectivity index (χ0v) is 9.67. The lowest BCUT2D eigenvalue weighted by Gasteiger charge is -2.42. The van der Waals surface area contributed by atoms with Gasteiger partial charge < -0.3 is 10.2 Å². The Morgan fingerprint density at radius 2 is 2.00 bits per heavy atom. The molecule has 2 heteroatoms. The molecule has 2 nitrogen and oxygen atoms in total. The Morgan fingerprint density at radius 1 is 1.43 bits per heavy atom. The highest BCUT2D eigenvalue weighted by Gasteiger charge is 2.37. The molecule has 0 radical (unpaired) electrons. The number of aliphatic hydroxyl groups excluding tert-OH is 2. The monoisotopic (exact) mass is 198 g/mol. The van der Waals surface area contributed by atoms with Crippen LogP contribution in [0.1, 0.15) is 40.5 Å². The summed E-state index contributed by atoms with van der Waals surface area (Å²) in [4.78, 5) is 0. The molecular weight excluding hydrogens is 176 g/mol. The lowest BCUT2D eigenvalue weighted by molar-refractivity contribution is 0.112. The molecule has 0 aromatic rings. The van der Waals surface area contributed by atoms with Crippen LogP contribution < -0.4 is 0 Å². The highest BCUT2D eigenvalue weighted by atomic mass is 16.3. The van der Waals surface area contributed by atoms with E-state index >= 15 is 0 Å². The van der Waals surface area contributed by atoms with E-state index in [4.69, 9.17) is 5.11 Å². The predicted molar refractivity (Wildman–Crippen MR) is 58.0 cm³/mol. The normalized spacial score (nSPS) is 32.1. The summed E-state index contributed by atoms with van der Waals surface area (Å²) in [5.41, 5.74) is 2.43. The minimum absolute atomic E-state index is 0.117. The van der Waals surface area contributed by atoms with E-state index in [0.717, 1.165) is 12.0 Å². The molecule has 0 saturated carbocycles. The molecule has 1 aliphatic rings. The summed E-state index contributed by atoms with van der Waals surface area (Å²) in [5, 5.41) is 18.9. The van der Waals surface area contributed by atoms with Crippen molar-refractivity contribution >= 4 is 0 Å². The number of rotatable bonds is 2. The molecule has 1 rings (SSSR count). The molecular formula is C12H22O2. The van der Waals surface area contributed by atoms with E-state index in [-0.39, 0.29) is 18.1 Å². The third kappa shape index (κ3) is 1.86. The van der Waals surface area contributed by atoms with E-state index in [1.165, 1.54) is 5.57 Å². The lowest BCUT2D eigenvalue weighted by Crippen LogP contribution is -2.35. The van der Waals surface area contributed by atoms with Crippen molar-refractivity contribution in [2.24, 2.45) is 11.3 Å². The molecule has 0 amide bonds. The highest BCUT2D eigenvalue weighted by molar-refractivity contribution is 5.26. The molecule has 2 unspecified atom stereocenters. The number of hydrogen-bond acceptors (Lipinski definition) is 2. The zero-order valence-electron chi connectivity index (χ0n) is 9.67. The van der Waals surface area contributed by atoms with Crippen molar-refractivity contribution in [3.63, 3.8) is 0 Å². The SMILES string of the molecule is CC1=C(CCO)C(C)(C)C(C)CC1O. The molecule has 0 saturated heterocycles. The first-order valence-corrected chi connectivity index (χ1v) is 5.40. The summed E-state index contributed by atoms with van der Waals surface area (Å²) < 4.78 is 0. The maximum atomic E-state index is 9.84. The first-order chi connectivity index (χ1) is 6.41. The van der Waals surface area contributed by atoms with Crippen molar-refractivity contribution in [1.29, 1.82) is 0 Å². The van der Waals surface area contributed by atoms with E-state index in [1.807, 2.05) is 6.92 Å². The van der Waals surface area contributed by atoms with Gasteiger partial charge in [-0.2, -0.15) is 0 Å². The third-order valence-electron chi connectivity index (χ3n) is 3.92. The van der Waals surface area contributed by atoms with E-state index in [2.05, 4.69) is 20.8 Å². The highest BCUT2D eigenvalue weighted by Crippen LogP contribution is 2.45. The zero-order chi connectivity index (χ0) is 10.9. The standard InChI is InChI=1S/C12H22O2/c1-8-7-11(14)9(2)10(5-6-13)12(8,3)4/h8,11,13-14H,5-7H2,1-4H3. The minimum Gasteiger partial charge on any atom is -0.396 e. The molecule has 0 spiro atoms. The fourth-order valence-corrected chi connectivity index (χ4v) is 2.44. The van der Waals surface area contributed by atoms with Gasteiger partial charge in [-0.3, -0.25) is 0 Å². The van der Waals surface area contributed by atoms with Crippen molar-refractivity contribution in [1.82, 2.24) is 0 Å². The minimum atomic E-state index is -0.306. The third-order valence-corrected chi connectivity index (χ3v) is 3.92. The lowest BCUT2D eigenvalue weighted by atomic mass is 9.64. The van der Waals surface area contributed by atoms with Gasteiger partial charge in [0.2, 0.25) is 0 Å². The maximum Gasteiger partial charge on any atom is 0.0753 e. The second-order valence-electron chi connectivity index (χ2n) is 5.01. The van der Waals surface area contributed by atoms with Gasteiger partial charge in [-0.1, -0.05) is 26.3 Å². The Balaban J connectivity index is 3.06. The predicted octanol–water partition coefficient (Wildman–Crippen LogP) is 2.11. The van der Waals surface area contributed by atoms with Crippen LogP contribution in [0.4, 0.5) is 0 Å². The quantitative estimate of drug-likeness (QED) is 0.667. The summed E-state index contributed by atoms with van der Waals surface area (Å²) in [6.45, 7) is 8.75. The van der Waals surface area contributed by atoms with Crippen LogP contribution in [0.25, 0.3) is 0 Å². The molecule has 0 aromatic carbocycles. The Hall–Kier alpha value is -0.340. The van der Waals surface area contributed by atoms with Crippen LogP contribution in [-0.4, -0.2) is 22.9 Å². The topological polar surface area (TPSA) is 40.5 Å². The number of aliphatic hydroxyl groups is 2. The van der Waals surface area contributed by atoms with Crippen molar-refractivity contribution in [2.45, 2.75) is 46.6 Å². The molecule has 0 heterocycles. The van der Waals surface area contributed by atoms with Gasteiger partial charge in [-0.25, -0.2) is 0 Å². The van der Waals surface area contributed by atoms with Gasteiger partial charge in [-0.15, -0.1) is 0 Å². The fraction of sp³-hybridized carbons (Fsp3) is 0.833. The summed E-state index contributed by atoms with van der Waals surface area (Å²) in [6, 6.07) is 0. The average molecular weight is 198 g/mol. The smallest absolute Gasteiger partial charge is 0.0753 e. The molecule has 0 fully saturated rings. The molecule has 0 bridgehead atoms. The first-order valence-electron chi connectivity index (χ1n) is 5.40. The summed E-state index contributed by atoms with van der Waals surface area (Å²) in [7, 11) is 0. The van der Waals surface area contributed by atoms with Crippen molar-refractivity contribution in [3.8, 4) is 0 Å². The van der Waals surface area contributed by atoms with Crippen LogP contribution in [0.5, 0.6) is 0 Å². The fourth-order valence-electron chi connectivity index (χ4n) is 2.44. The average Bonchev–Trinajstić information content (AvgIpc) is 2.10. The van der Waals surface area contributed by atoms with Crippen LogP contribution in [0.15, 0.2) is 11.1 Å². The van der Waals surface area contributed by atoms with Gasteiger partial charge >= 0.3 is 0 Å². The van der Waals surface area contributed by atoms with Gasteiger partial charge in [0.15, 0.2) is 0 Å². The van der Waals surface area contributed by atoms with Crippen LogP contribution in [0.2, 0.25) is 0 Å². The maximum absolute atomic E-state index is 9.84. The van der Waals surface area contributed by atoms with Gasteiger partial charge in [0.05, 0.1) is 6.10 Å². The second kappa shape index (κ2) is 4.03. The molecule has 0 aromatic heterocycles. The molecule has 2 N–H and O–H groups in total. The summed E-state index contributed by atoms with van der Waals surface area (Å²) in [6.07, 6.45) is 1.23. The van der Waals surface area contributed by atoms with E-state index in [9.17, 15) is 5.11 Å². The molecule has 1 aliphatic carbocycles. The summed E-state index contributed by atoms with van der Waals surface area (Å²) >= 11 is 0. The van der Waals surface area contributed by atoms with Gasteiger partial charge in [0.25, 0.3) is 0 Å². The van der Waals surface area contributed by atoms with Gasteiger partial charge in [-0.05, 0) is 36.7 Å². The van der Waals surface area contributed by atoms with E-state index in [1.54, 1.807) is 0 Å². The Bertz CT molecular complexity index is 241. The molecule has 0 aliphatic heterocycles. The van der Waals surface area contributed by atoms with Crippen molar-refractivity contribution < 1.29 is 10.2 Å². The van der Waals surface area contributed by atoms with Crippen LogP contribution in [0.3, 0.4) is 0 Å². The molecule has 14 heavy (non-hydrogen) atoms.